The summed E-state index contributed by atoms with van der Waals surface area (Å²) in [6, 6.07) is 0. The van der Waals surface area contributed by atoms with Crippen molar-refractivity contribution in [2.45, 2.75) is 156 Å². The highest BCUT2D eigenvalue weighted by Crippen LogP contribution is 2.66. The summed E-state index contributed by atoms with van der Waals surface area (Å²) in [5.41, 5.74) is -1.79. The van der Waals surface area contributed by atoms with Crippen molar-refractivity contribution in [3.05, 3.63) is 48.6 Å². The fourth-order valence-electron chi connectivity index (χ4n) is 8.82. The van der Waals surface area contributed by atoms with Gasteiger partial charge in [-0.25, -0.2) is 0 Å². The zero-order chi connectivity index (χ0) is 33.7. The van der Waals surface area contributed by atoms with Crippen molar-refractivity contribution in [3.8, 4) is 0 Å². The largest absolute Gasteiger partial charge is 0.396 e. The van der Waals surface area contributed by atoms with Gasteiger partial charge < -0.3 is 25.2 Å². The molecule has 3 fully saturated rings. The van der Waals surface area contributed by atoms with Crippen molar-refractivity contribution in [2.75, 3.05) is 6.61 Å². The Balaban J connectivity index is 1.33. The highest BCUT2D eigenvalue weighted by molar-refractivity contribution is 5.32. The SMILES string of the molecule is CC(C=CC1C(C)(C)C[C@H](O)C[C@@]1(C)O)/C=C/CC(C)CCCCC(C)/C=C/CC(/C=C/[C@@]12O[C@]1(C)C[C@@H](O)CC2(C)C)CO. The fourth-order valence-corrected chi connectivity index (χ4v) is 8.82. The second-order valence-corrected chi connectivity index (χ2v) is 17.1. The Morgan fingerprint density at radius 2 is 1.42 bits per heavy atom. The predicted molar refractivity (Wildman–Crippen MR) is 187 cm³/mol. The summed E-state index contributed by atoms with van der Waals surface area (Å²) >= 11 is 0. The minimum atomic E-state index is -0.880. The zero-order valence-electron chi connectivity index (χ0n) is 30.1. The maximum atomic E-state index is 11.0. The summed E-state index contributed by atoms with van der Waals surface area (Å²) in [5.74, 6) is 1.62. The molecule has 0 amide bonds. The van der Waals surface area contributed by atoms with E-state index >= 15 is 0 Å². The predicted octanol–water partition coefficient (Wildman–Crippen LogP) is 8.33. The second-order valence-electron chi connectivity index (χ2n) is 17.1. The molecule has 2 aliphatic carbocycles. The van der Waals surface area contributed by atoms with E-state index < -0.39 is 11.7 Å². The molecule has 258 valence electrons. The monoisotopic (exact) mass is 629 g/mol. The summed E-state index contributed by atoms with van der Waals surface area (Å²) in [4.78, 5) is 0. The maximum absolute atomic E-state index is 11.0. The highest BCUT2D eigenvalue weighted by Gasteiger charge is 2.74. The summed E-state index contributed by atoms with van der Waals surface area (Å²) in [6.07, 6.45) is 26.5. The number of aliphatic hydroxyl groups is 4. The van der Waals surface area contributed by atoms with Gasteiger partial charge in [-0.15, -0.1) is 0 Å². The average Bonchev–Trinajstić information content (AvgIpc) is 3.52. The number of allylic oxidation sites excluding steroid dienone is 5. The van der Waals surface area contributed by atoms with Gasteiger partial charge in [-0.2, -0.15) is 0 Å². The molecule has 0 radical (unpaired) electrons. The third-order valence-corrected chi connectivity index (χ3v) is 11.4. The first kappa shape index (κ1) is 38.2. The van der Waals surface area contributed by atoms with Crippen molar-refractivity contribution in [1.29, 1.82) is 0 Å². The summed E-state index contributed by atoms with van der Waals surface area (Å²) < 4.78 is 6.26. The molecular formula is C40H68O5. The molecule has 1 saturated heterocycles. The minimum absolute atomic E-state index is 0.0351. The van der Waals surface area contributed by atoms with E-state index in [1.807, 2.05) is 6.92 Å². The maximum Gasteiger partial charge on any atom is 0.121 e. The molecule has 2 saturated carbocycles. The van der Waals surface area contributed by atoms with Gasteiger partial charge in [-0.3, -0.25) is 0 Å². The molecule has 45 heavy (non-hydrogen) atoms. The van der Waals surface area contributed by atoms with Crippen molar-refractivity contribution in [1.82, 2.24) is 0 Å². The van der Waals surface area contributed by atoms with Gasteiger partial charge in [0.05, 0.1) is 17.8 Å². The van der Waals surface area contributed by atoms with Crippen LogP contribution < -0.4 is 0 Å². The van der Waals surface area contributed by atoms with Crippen LogP contribution in [0.5, 0.6) is 0 Å². The zero-order valence-corrected chi connectivity index (χ0v) is 30.1. The number of ether oxygens (including phenoxy) is 1. The van der Waals surface area contributed by atoms with Gasteiger partial charge in [0, 0.05) is 36.7 Å². The molecule has 0 spiro atoms. The van der Waals surface area contributed by atoms with E-state index in [2.05, 4.69) is 104 Å². The lowest BCUT2D eigenvalue weighted by atomic mass is 9.61. The van der Waals surface area contributed by atoms with Crippen LogP contribution in [0.25, 0.3) is 0 Å². The summed E-state index contributed by atoms with van der Waals surface area (Å²) in [7, 11) is 0. The summed E-state index contributed by atoms with van der Waals surface area (Å²) in [6.45, 7) is 19.6. The lowest BCUT2D eigenvalue weighted by Gasteiger charge is -2.48. The molecule has 10 atom stereocenters. The fraction of sp³-hybridized carbons (Fsp3) is 0.800. The Labute approximate surface area is 275 Å². The molecule has 0 aromatic heterocycles. The number of hydrogen-bond donors (Lipinski definition) is 4. The second kappa shape index (κ2) is 15.3. The molecule has 1 heterocycles. The van der Waals surface area contributed by atoms with Crippen LogP contribution >= 0.6 is 0 Å². The van der Waals surface area contributed by atoms with Crippen LogP contribution in [0.1, 0.15) is 127 Å². The lowest BCUT2D eigenvalue weighted by molar-refractivity contribution is -0.111. The van der Waals surface area contributed by atoms with Gasteiger partial charge in [0.2, 0.25) is 0 Å². The van der Waals surface area contributed by atoms with E-state index in [9.17, 15) is 20.4 Å². The van der Waals surface area contributed by atoms with Crippen LogP contribution in [0.2, 0.25) is 0 Å². The van der Waals surface area contributed by atoms with Crippen LogP contribution in [0.15, 0.2) is 48.6 Å². The first-order valence-electron chi connectivity index (χ1n) is 18.0. The standard InChI is InChI=1S/C40H68O5/c1-29(16-12-17-31(3)20-21-35-36(4,5)24-33(42)26-38(35,8)44)14-10-11-15-30(2)18-13-19-32(28-41)22-23-40-37(6,7)25-34(43)27-39(40,9)45-40/h12-13,17-18,20-23,29-35,41-44H,10-11,14-16,19,24-28H2,1-9H3/b17-12+,18-13+,21-20?,23-22+/t29?,30?,31?,32?,33-,34-,35?,38+,39+,40-/m0/s1. The van der Waals surface area contributed by atoms with E-state index in [1.54, 1.807) is 0 Å². The van der Waals surface area contributed by atoms with Crippen LogP contribution in [0.4, 0.5) is 0 Å². The number of aliphatic hydroxyl groups excluding tert-OH is 3. The molecule has 5 unspecified atom stereocenters. The Hall–Kier alpha value is -1.24. The van der Waals surface area contributed by atoms with Crippen LogP contribution in [-0.2, 0) is 4.74 Å². The first-order valence-corrected chi connectivity index (χ1v) is 18.0. The molecule has 0 aromatic rings. The van der Waals surface area contributed by atoms with Crippen molar-refractivity contribution in [3.63, 3.8) is 0 Å². The molecule has 3 rings (SSSR count). The third-order valence-electron chi connectivity index (χ3n) is 11.4. The van der Waals surface area contributed by atoms with Gasteiger partial charge in [-0.1, -0.05) is 116 Å². The summed E-state index contributed by atoms with van der Waals surface area (Å²) in [5, 5.41) is 41.4. The van der Waals surface area contributed by atoms with E-state index in [0.29, 0.717) is 30.6 Å². The number of epoxide rings is 1. The molecule has 0 aromatic carbocycles. The molecule has 1 aliphatic heterocycles. The van der Waals surface area contributed by atoms with Crippen LogP contribution in [0, 0.1) is 40.4 Å². The van der Waals surface area contributed by atoms with Gasteiger partial charge in [-0.05, 0) is 69.1 Å². The Morgan fingerprint density at radius 3 is 2.07 bits per heavy atom. The van der Waals surface area contributed by atoms with Crippen LogP contribution in [-0.4, -0.2) is 56.0 Å². The Morgan fingerprint density at radius 1 is 0.778 bits per heavy atom. The third kappa shape index (κ3) is 9.89. The number of fused-ring (bicyclic) bond motifs is 1. The Kier molecular flexibility index (Phi) is 13.0. The van der Waals surface area contributed by atoms with Crippen LogP contribution in [0.3, 0.4) is 0 Å². The van der Waals surface area contributed by atoms with Gasteiger partial charge in [0.1, 0.15) is 11.2 Å². The number of hydrogen-bond acceptors (Lipinski definition) is 5. The average molecular weight is 629 g/mol. The van der Waals surface area contributed by atoms with E-state index in [-0.39, 0.29) is 46.6 Å². The lowest BCUT2D eigenvalue weighted by Crippen LogP contribution is -2.50. The van der Waals surface area contributed by atoms with Crippen molar-refractivity contribution >= 4 is 0 Å². The van der Waals surface area contributed by atoms with Gasteiger partial charge >= 0.3 is 0 Å². The quantitative estimate of drug-likeness (QED) is 0.0784. The van der Waals surface area contributed by atoms with E-state index in [0.717, 1.165) is 25.7 Å². The molecular weight excluding hydrogens is 560 g/mol. The van der Waals surface area contributed by atoms with Gasteiger partial charge in [0.15, 0.2) is 0 Å². The smallest absolute Gasteiger partial charge is 0.121 e. The topological polar surface area (TPSA) is 93.5 Å². The van der Waals surface area contributed by atoms with Crippen molar-refractivity contribution in [2.24, 2.45) is 40.4 Å². The number of rotatable bonds is 16. The Bertz CT molecular complexity index is 1030. The van der Waals surface area contributed by atoms with E-state index in [1.165, 1.54) is 25.7 Å². The molecule has 5 nitrogen and oxygen atoms in total. The molecule has 0 bridgehead atoms. The number of unbranched alkanes of at least 4 members (excludes halogenated alkanes) is 1. The van der Waals surface area contributed by atoms with Gasteiger partial charge in [0.25, 0.3) is 0 Å². The van der Waals surface area contributed by atoms with Crippen molar-refractivity contribution < 1.29 is 25.2 Å². The highest BCUT2D eigenvalue weighted by atomic mass is 16.6. The van der Waals surface area contributed by atoms with E-state index in [4.69, 9.17) is 4.74 Å². The first-order chi connectivity index (χ1) is 20.9. The molecule has 3 aliphatic rings. The minimum Gasteiger partial charge on any atom is -0.396 e. The molecule has 5 heteroatoms. The normalized spacial score (nSPS) is 37.3. The molecule has 4 N–H and O–H groups in total.